The first-order valence-corrected chi connectivity index (χ1v) is 9.79. The number of carbonyl (C=O) groups is 2. The quantitative estimate of drug-likeness (QED) is 0.743. The van der Waals surface area contributed by atoms with Crippen LogP contribution in [0.15, 0.2) is 16.5 Å². The number of likely N-dealkylation sites (tertiary alicyclic amines) is 1. The van der Waals surface area contributed by atoms with Gasteiger partial charge in [0.15, 0.2) is 5.76 Å². The van der Waals surface area contributed by atoms with E-state index in [1.165, 1.54) is 40.5 Å². The van der Waals surface area contributed by atoms with Crippen molar-refractivity contribution >= 4 is 11.9 Å². The first-order chi connectivity index (χ1) is 13.3. The summed E-state index contributed by atoms with van der Waals surface area (Å²) in [6.07, 6.45) is 2.07. The van der Waals surface area contributed by atoms with Gasteiger partial charge in [-0.2, -0.15) is 0 Å². The zero-order valence-corrected chi connectivity index (χ0v) is 17.6. The Balaban J connectivity index is 1.84. The van der Waals surface area contributed by atoms with Crippen molar-refractivity contribution in [3.63, 3.8) is 0 Å². The molecule has 1 atom stereocenters. The third-order valence-electron chi connectivity index (χ3n) is 6.37. The van der Waals surface area contributed by atoms with Crippen LogP contribution in [0.3, 0.4) is 0 Å². The third kappa shape index (κ3) is 3.46. The van der Waals surface area contributed by atoms with Crippen LogP contribution in [0.2, 0.25) is 0 Å². The van der Waals surface area contributed by atoms with Gasteiger partial charge < -0.3 is 14.1 Å². The van der Waals surface area contributed by atoms with Gasteiger partial charge in [-0.05, 0) is 93.0 Å². The van der Waals surface area contributed by atoms with E-state index < -0.39 is 6.04 Å². The molecule has 1 unspecified atom stereocenters. The summed E-state index contributed by atoms with van der Waals surface area (Å²) in [5.41, 5.74) is 7.74. The number of amides is 1. The number of esters is 1. The monoisotopic (exact) mass is 383 g/mol. The number of carbonyl (C=O) groups excluding carboxylic acids is 2. The number of hydrogen-bond donors (Lipinski definition) is 0. The predicted octanol–water partition coefficient (Wildman–Crippen LogP) is 4.19. The number of ether oxygens (including phenoxy) is 1. The maximum Gasteiger partial charge on any atom is 0.328 e. The Bertz CT molecular complexity index is 896. The summed E-state index contributed by atoms with van der Waals surface area (Å²) in [5.74, 6) is 0.422. The van der Waals surface area contributed by atoms with Crippen molar-refractivity contribution < 1.29 is 18.7 Å². The van der Waals surface area contributed by atoms with Crippen molar-refractivity contribution in [2.75, 3.05) is 13.7 Å². The van der Waals surface area contributed by atoms with Crippen LogP contribution in [-0.2, 0) is 16.0 Å². The highest BCUT2D eigenvalue weighted by Crippen LogP contribution is 2.29. The molecule has 1 aromatic heterocycles. The Kier molecular flexibility index (Phi) is 5.64. The summed E-state index contributed by atoms with van der Waals surface area (Å²) in [6, 6.07) is 3.06. The summed E-state index contributed by atoms with van der Waals surface area (Å²) in [4.78, 5) is 26.3. The minimum Gasteiger partial charge on any atom is -0.467 e. The van der Waals surface area contributed by atoms with Crippen molar-refractivity contribution in [1.82, 2.24) is 4.90 Å². The van der Waals surface area contributed by atoms with Gasteiger partial charge in [0.2, 0.25) is 0 Å². The van der Waals surface area contributed by atoms with Crippen LogP contribution in [0, 0.1) is 34.6 Å². The van der Waals surface area contributed by atoms with E-state index in [0.717, 1.165) is 12.2 Å². The third-order valence-corrected chi connectivity index (χ3v) is 6.37. The van der Waals surface area contributed by atoms with Crippen LogP contribution in [0.25, 0.3) is 0 Å². The molecule has 28 heavy (non-hydrogen) atoms. The summed E-state index contributed by atoms with van der Waals surface area (Å²) in [6.45, 7) is 11.3. The van der Waals surface area contributed by atoms with Gasteiger partial charge in [-0.3, -0.25) is 4.79 Å². The van der Waals surface area contributed by atoms with E-state index >= 15 is 0 Å². The maximum absolute atomic E-state index is 12.9. The fraction of sp³-hybridized carbons (Fsp3) is 0.478. The Morgan fingerprint density at radius 2 is 1.64 bits per heavy atom. The lowest BCUT2D eigenvalue weighted by atomic mass is 9.88. The lowest BCUT2D eigenvalue weighted by Gasteiger charge is -2.21. The predicted molar refractivity (Wildman–Crippen MR) is 108 cm³/mol. The largest absolute Gasteiger partial charge is 0.467 e. The van der Waals surface area contributed by atoms with Gasteiger partial charge in [0.1, 0.15) is 11.8 Å². The van der Waals surface area contributed by atoms with E-state index in [9.17, 15) is 9.59 Å². The zero-order chi connectivity index (χ0) is 20.6. The van der Waals surface area contributed by atoms with E-state index in [4.69, 9.17) is 9.15 Å². The standard InChI is InChI=1S/C23H29NO4/c1-13-14(2)16(4)19(17(5)15(13)3)12-18-9-10-21(28-18)22(25)24-11-7-8-20(24)23(26)27-6/h9-10,20H,7-8,11-12H2,1-6H3. The molecule has 0 saturated carbocycles. The molecule has 5 heteroatoms. The van der Waals surface area contributed by atoms with Crippen molar-refractivity contribution in [2.45, 2.75) is 59.9 Å². The molecule has 2 heterocycles. The zero-order valence-electron chi connectivity index (χ0n) is 17.6. The average molecular weight is 383 g/mol. The molecule has 0 bridgehead atoms. The molecule has 5 nitrogen and oxygen atoms in total. The van der Waals surface area contributed by atoms with Gasteiger partial charge in [0.05, 0.1) is 7.11 Å². The van der Waals surface area contributed by atoms with Crippen LogP contribution in [0.1, 0.15) is 62.5 Å². The van der Waals surface area contributed by atoms with E-state index in [0.29, 0.717) is 19.4 Å². The fourth-order valence-corrected chi connectivity index (χ4v) is 4.14. The Hall–Kier alpha value is -2.56. The minimum absolute atomic E-state index is 0.246. The normalized spacial score (nSPS) is 16.5. The highest BCUT2D eigenvalue weighted by Gasteiger charge is 2.36. The van der Waals surface area contributed by atoms with Crippen LogP contribution >= 0.6 is 0 Å². The highest BCUT2D eigenvalue weighted by atomic mass is 16.5. The van der Waals surface area contributed by atoms with Crippen LogP contribution in [0.4, 0.5) is 0 Å². The van der Waals surface area contributed by atoms with Crippen LogP contribution < -0.4 is 0 Å². The SMILES string of the molecule is COC(=O)C1CCCN1C(=O)c1ccc(Cc2c(C)c(C)c(C)c(C)c2C)o1. The van der Waals surface area contributed by atoms with Crippen molar-refractivity contribution in [3.05, 3.63) is 57.0 Å². The molecule has 1 aliphatic rings. The number of furan rings is 1. The Morgan fingerprint density at radius 3 is 2.25 bits per heavy atom. The topological polar surface area (TPSA) is 59.8 Å². The molecule has 3 rings (SSSR count). The van der Waals surface area contributed by atoms with E-state index in [1.807, 2.05) is 6.07 Å². The molecule has 0 aliphatic carbocycles. The summed E-state index contributed by atoms with van der Waals surface area (Å²) >= 11 is 0. The summed E-state index contributed by atoms with van der Waals surface area (Å²) in [5, 5.41) is 0. The Morgan fingerprint density at radius 1 is 1.04 bits per heavy atom. The molecule has 1 fully saturated rings. The molecule has 150 valence electrons. The van der Waals surface area contributed by atoms with E-state index in [2.05, 4.69) is 34.6 Å². The Labute approximate surface area is 166 Å². The molecule has 0 radical (unpaired) electrons. The number of hydrogen-bond acceptors (Lipinski definition) is 4. The molecule has 1 saturated heterocycles. The number of rotatable bonds is 4. The van der Waals surface area contributed by atoms with Gasteiger partial charge in [-0.1, -0.05) is 0 Å². The molecule has 1 amide bonds. The van der Waals surface area contributed by atoms with E-state index in [1.54, 1.807) is 11.0 Å². The molecule has 0 spiro atoms. The van der Waals surface area contributed by atoms with Gasteiger partial charge in [-0.25, -0.2) is 4.79 Å². The van der Waals surface area contributed by atoms with Crippen molar-refractivity contribution in [3.8, 4) is 0 Å². The molecule has 1 aliphatic heterocycles. The molecule has 0 N–H and O–H groups in total. The van der Waals surface area contributed by atoms with Gasteiger partial charge >= 0.3 is 5.97 Å². The molecular weight excluding hydrogens is 354 g/mol. The first-order valence-electron chi connectivity index (χ1n) is 9.79. The molecular formula is C23H29NO4. The van der Waals surface area contributed by atoms with E-state index in [-0.39, 0.29) is 17.6 Å². The summed E-state index contributed by atoms with van der Waals surface area (Å²) in [7, 11) is 1.35. The lowest BCUT2D eigenvalue weighted by molar-refractivity contribution is -0.145. The lowest BCUT2D eigenvalue weighted by Crippen LogP contribution is -2.40. The molecule has 2 aromatic rings. The van der Waals surface area contributed by atoms with Crippen molar-refractivity contribution in [1.29, 1.82) is 0 Å². The van der Waals surface area contributed by atoms with Gasteiger partial charge in [0, 0.05) is 13.0 Å². The summed E-state index contributed by atoms with van der Waals surface area (Å²) < 4.78 is 10.7. The van der Waals surface area contributed by atoms with Gasteiger partial charge in [-0.15, -0.1) is 0 Å². The van der Waals surface area contributed by atoms with Gasteiger partial charge in [0.25, 0.3) is 5.91 Å². The first kappa shape index (κ1) is 20.2. The second-order valence-electron chi connectivity index (χ2n) is 7.73. The highest BCUT2D eigenvalue weighted by molar-refractivity contribution is 5.95. The average Bonchev–Trinajstić information content (AvgIpc) is 3.36. The van der Waals surface area contributed by atoms with Crippen LogP contribution in [-0.4, -0.2) is 36.5 Å². The maximum atomic E-state index is 12.9. The molecule has 1 aromatic carbocycles. The number of nitrogens with zero attached hydrogens (tertiary/aromatic N) is 1. The number of methoxy groups -OCH3 is 1. The smallest absolute Gasteiger partial charge is 0.328 e. The second kappa shape index (κ2) is 7.82. The minimum atomic E-state index is -0.516. The number of benzene rings is 1. The van der Waals surface area contributed by atoms with Crippen LogP contribution in [0.5, 0.6) is 0 Å². The second-order valence-corrected chi connectivity index (χ2v) is 7.73. The van der Waals surface area contributed by atoms with Crippen molar-refractivity contribution in [2.24, 2.45) is 0 Å². The fourth-order valence-electron chi connectivity index (χ4n) is 4.14.